The Bertz CT molecular complexity index is 495. The van der Waals surface area contributed by atoms with Gasteiger partial charge in [0.25, 0.3) is 0 Å². The van der Waals surface area contributed by atoms with Crippen molar-refractivity contribution in [3.8, 4) is 5.75 Å². The molecule has 6 nitrogen and oxygen atoms in total. The second-order valence-corrected chi connectivity index (χ2v) is 4.95. The van der Waals surface area contributed by atoms with E-state index >= 15 is 0 Å². The number of hydrogen-bond donors (Lipinski definition) is 4. The molecular weight excluding hydrogens is 307 g/mol. The van der Waals surface area contributed by atoms with Crippen molar-refractivity contribution in [2.45, 2.75) is 43.9 Å². The van der Waals surface area contributed by atoms with E-state index in [1.807, 2.05) is 0 Å². The Kier molecular flexibility index (Phi) is 4.81. The maximum atomic E-state index is 12.0. The number of nitrogens with one attached hydrogen (secondary N) is 1. The van der Waals surface area contributed by atoms with Gasteiger partial charge in [-0.15, -0.1) is 13.2 Å². The summed E-state index contributed by atoms with van der Waals surface area (Å²) in [7, 11) is 0. The van der Waals surface area contributed by atoms with Crippen LogP contribution in [0.25, 0.3) is 0 Å². The molecule has 0 bridgehead atoms. The van der Waals surface area contributed by atoms with Gasteiger partial charge < -0.3 is 30.1 Å². The normalized spacial score (nSPS) is 32.6. The number of benzene rings is 1. The number of aliphatic hydroxyl groups excluding tert-OH is 3. The van der Waals surface area contributed by atoms with E-state index in [0.717, 1.165) is 12.1 Å². The molecule has 5 atom stereocenters. The van der Waals surface area contributed by atoms with Gasteiger partial charge in [-0.05, 0) is 31.2 Å². The molecule has 0 radical (unpaired) electrons. The number of hydrogen-bond acceptors (Lipinski definition) is 6. The minimum absolute atomic E-state index is 0.356. The van der Waals surface area contributed by atoms with E-state index < -0.39 is 37.0 Å². The van der Waals surface area contributed by atoms with Gasteiger partial charge in [0, 0.05) is 5.69 Å². The lowest BCUT2D eigenvalue weighted by Crippen LogP contribution is -2.58. The molecule has 22 heavy (non-hydrogen) atoms. The molecule has 9 heteroatoms. The Morgan fingerprint density at radius 3 is 2.18 bits per heavy atom. The van der Waals surface area contributed by atoms with Crippen molar-refractivity contribution in [2.24, 2.45) is 0 Å². The molecule has 1 heterocycles. The van der Waals surface area contributed by atoms with Gasteiger partial charge in [-0.25, -0.2) is 0 Å². The summed E-state index contributed by atoms with van der Waals surface area (Å²) in [5, 5.41) is 31.8. The van der Waals surface area contributed by atoms with Crippen LogP contribution in [-0.4, -0.2) is 52.3 Å². The molecule has 4 N–H and O–H groups in total. The molecule has 2 rings (SSSR count). The number of anilines is 1. The van der Waals surface area contributed by atoms with Crippen molar-refractivity contribution in [2.75, 3.05) is 5.32 Å². The predicted molar refractivity (Wildman–Crippen MR) is 69.1 cm³/mol. The molecule has 0 aromatic heterocycles. The first-order valence-corrected chi connectivity index (χ1v) is 6.49. The van der Waals surface area contributed by atoms with Gasteiger partial charge in [-0.1, -0.05) is 0 Å². The fourth-order valence-corrected chi connectivity index (χ4v) is 2.09. The number of ether oxygens (including phenoxy) is 2. The molecule has 1 aliphatic rings. The molecule has 0 amide bonds. The van der Waals surface area contributed by atoms with Gasteiger partial charge in [0.2, 0.25) is 0 Å². The van der Waals surface area contributed by atoms with E-state index in [1.165, 1.54) is 19.1 Å². The molecule has 1 fully saturated rings. The first-order chi connectivity index (χ1) is 10.2. The second-order valence-electron chi connectivity index (χ2n) is 4.95. The van der Waals surface area contributed by atoms with Crippen LogP contribution in [0.3, 0.4) is 0 Å². The number of alkyl halides is 3. The smallest absolute Gasteiger partial charge is 0.406 e. The van der Waals surface area contributed by atoms with Crippen LogP contribution in [0.1, 0.15) is 6.92 Å². The van der Waals surface area contributed by atoms with E-state index in [1.54, 1.807) is 0 Å². The van der Waals surface area contributed by atoms with Crippen molar-refractivity contribution in [3.63, 3.8) is 0 Å². The van der Waals surface area contributed by atoms with Crippen LogP contribution in [0.2, 0.25) is 0 Å². The molecule has 1 aliphatic heterocycles. The van der Waals surface area contributed by atoms with Gasteiger partial charge in [0.05, 0.1) is 6.10 Å². The SMILES string of the molecule is C[C@@H]1O[C@H](Nc2ccc(OC(F)(F)F)cc2)[C@H](O)[C@@H](O)[C@H]1O. The van der Waals surface area contributed by atoms with E-state index in [-0.39, 0.29) is 5.75 Å². The quantitative estimate of drug-likeness (QED) is 0.658. The van der Waals surface area contributed by atoms with Crippen molar-refractivity contribution in [3.05, 3.63) is 24.3 Å². The zero-order chi connectivity index (χ0) is 16.5. The summed E-state index contributed by atoms with van der Waals surface area (Å²) in [6, 6.07) is 4.80. The number of aliphatic hydroxyl groups is 3. The Morgan fingerprint density at radius 2 is 1.64 bits per heavy atom. The maximum absolute atomic E-state index is 12.0. The highest BCUT2D eigenvalue weighted by Crippen LogP contribution is 2.26. The summed E-state index contributed by atoms with van der Waals surface area (Å²) in [6.45, 7) is 1.52. The first-order valence-electron chi connectivity index (χ1n) is 6.49. The van der Waals surface area contributed by atoms with E-state index in [2.05, 4.69) is 10.1 Å². The van der Waals surface area contributed by atoms with Crippen molar-refractivity contribution >= 4 is 5.69 Å². The lowest BCUT2D eigenvalue weighted by atomic mass is 9.99. The minimum atomic E-state index is -4.77. The third kappa shape index (κ3) is 4.01. The molecule has 1 saturated heterocycles. The third-order valence-electron chi connectivity index (χ3n) is 3.25. The summed E-state index contributed by atoms with van der Waals surface area (Å²) in [4.78, 5) is 0. The summed E-state index contributed by atoms with van der Waals surface area (Å²) >= 11 is 0. The van der Waals surface area contributed by atoms with E-state index in [4.69, 9.17) is 4.74 Å². The van der Waals surface area contributed by atoms with Gasteiger partial charge in [0.15, 0.2) is 6.23 Å². The van der Waals surface area contributed by atoms with Crippen molar-refractivity contribution < 1.29 is 38.0 Å². The Morgan fingerprint density at radius 1 is 1.05 bits per heavy atom. The topological polar surface area (TPSA) is 91.2 Å². The van der Waals surface area contributed by atoms with Crippen molar-refractivity contribution in [1.29, 1.82) is 0 Å². The van der Waals surface area contributed by atoms with Gasteiger partial charge >= 0.3 is 6.36 Å². The average molecular weight is 323 g/mol. The Labute approximate surface area is 124 Å². The fraction of sp³-hybridized carbons (Fsp3) is 0.538. The maximum Gasteiger partial charge on any atom is 0.573 e. The molecule has 0 aliphatic carbocycles. The molecule has 0 saturated carbocycles. The zero-order valence-electron chi connectivity index (χ0n) is 11.5. The molecule has 124 valence electrons. The summed E-state index contributed by atoms with van der Waals surface area (Å²) in [5.41, 5.74) is 0.356. The van der Waals surface area contributed by atoms with Crippen LogP contribution in [0.5, 0.6) is 5.75 Å². The second kappa shape index (κ2) is 6.29. The largest absolute Gasteiger partial charge is 0.573 e. The van der Waals surface area contributed by atoms with Gasteiger partial charge in [-0.3, -0.25) is 0 Å². The summed E-state index contributed by atoms with van der Waals surface area (Å²) < 4.78 is 45.2. The molecule has 1 aromatic rings. The molecule has 0 spiro atoms. The highest BCUT2D eigenvalue weighted by Gasteiger charge is 2.41. The molecule has 1 aromatic carbocycles. The predicted octanol–water partition coefficient (Wildman–Crippen LogP) is 0.825. The van der Waals surface area contributed by atoms with Crippen LogP contribution >= 0.6 is 0 Å². The average Bonchev–Trinajstić information content (AvgIpc) is 2.43. The van der Waals surface area contributed by atoms with Gasteiger partial charge in [-0.2, -0.15) is 0 Å². The first kappa shape index (κ1) is 16.8. The van der Waals surface area contributed by atoms with Crippen molar-refractivity contribution in [1.82, 2.24) is 0 Å². The van der Waals surface area contributed by atoms with Crippen LogP contribution in [0.4, 0.5) is 18.9 Å². The van der Waals surface area contributed by atoms with Crippen LogP contribution in [-0.2, 0) is 4.74 Å². The van der Waals surface area contributed by atoms with Crippen LogP contribution < -0.4 is 10.1 Å². The van der Waals surface area contributed by atoms with Crippen LogP contribution in [0, 0.1) is 0 Å². The lowest BCUT2D eigenvalue weighted by Gasteiger charge is -2.39. The van der Waals surface area contributed by atoms with Gasteiger partial charge in [0.1, 0.15) is 24.1 Å². The van der Waals surface area contributed by atoms with E-state index in [9.17, 15) is 28.5 Å². The monoisotopic (exact) mass is 323 g/mol. The summed E-state index contributed by atoms with van der Waals surface area (Å²) in [5.74, 6) is -0.382. The Balaban J connectivity index is 2.01. The van der Waals surface area contributed by atoms with E-state index in [0.29, 0.717) is 5.69 Å². The molecule has 0 unspecified atom stereocenters. The molecular formula is C13H16F3NO5. The number of rotatable bonds is 3. The lowest BCUT2D eigenvalue weighted by molar-refractivity contribution is -0.274. The summed E-state index contributed by atoms with van der Waals surface area (Å²) in [6.07, 6.45) is -10.5. The standard InChI is InChI=1S/C13H16F3NO5/c1-6-9(18)10(19)11(20)12(21-6)17-7-2-4-8(5-3-7)22-13(14,15)16/h2-6,9-12,17-20H,1H3/t6-,9-,10-,11+,12-/m0/s1. The highest BCUT2D eigenvalue weighted by atomic mass is 19.4. The Hall–Kier alpha value is -1.55. The number of halogens is 3. The fourth-order valence-electron chi connectivity index (χ4n) is 2.09. The van der Waals surface area contributed by atoms with Crippen LogP contribution in [0.15, 0.2) is 24.3 Å². The highest BCUT2D eigenvalue weighted by molar-refractivity contribution is 5.47. The minimum Gasteiger partial charge on any atom is -0.406 e. The third-order valence-corrected chi connectivity index (χ3v) is 3.25. The zero-order valence-corrected chi connectivity index (χ0v) is 11.5.